The van der Waals surface area contributed by atoms with Crippen LogP contribution in [0.2, 0.25) is 0 Å². The minimum atomic E-state index is 0.333. The Labute approximate surface area is 126 Å². The van der Waals surface area contributed by atoms with Crippen LogP contribution in [-0.4, -0.2) is 28.0 Å². The lowest BCUT2D eigenvalue weighted by Gasteiger charge is -2.17. The van der Waals surface area contributed by atoms with E-state index in [9.17, 15) is 5.11 Å². The van der Waals surface area contributed by atoms with Gasteiger partial charge in [0, 0.05) is 25.1 Å². The van der Waals surface area contributed by atoms with Crippen molar-refractivity contribution in [2.75, 3.05) is 13.2 Å². The van der Waals surface area contributed by atoms with E-state index in [0.29, 0.717) is 18.4 Å². The Morgan fingerprint density at radius 3 is 2.90 bits per heavy atom. The zero-order valence-corrected chi connectivity index (χ0v) is 12.8. The Morgan fingerprint density at radius 1 is 1.29 bits per heavy atom. The van der Waals surface area contributed by atoms with Crippen LogP contribution in [0.4, 0.5) is 0 Å². The van der Waals surface area contributed by atoms with Crippen LogP contribution in [-0.2, 0) is 13.1 Å². The molecule has 0 saturated heterocycles. The Bertz CT molecular complexity index is 593. The molecule has 0 radical (unpaired) electrons. The quantitative estimate of drug-likeness (QED) is 0.858. The Balaban J connectivity index is 1.65. The number of benzene rings is 1. The van der Waals surface area contributed by atoms with E-state index in [2.05, 4.69) is 41.2 Å². The van der Waals surface area contributed by atoms with Gasteiger partial charge in [0.25, 0.3) is 0 Å². The molecule has 2 aromatic rings. The summed E-state index contributed by atoms with van der Waals surface area (Å²) < 4.78 is 2.07. The summed E-state index contributed by atoms with van der Waals surface area (Å²) in [5.74, 6) is 1.11. The average Bonchev–Trinajstić information content (AvgIpc) is 3.12. The second kappa shape index (κ2) is 6.58. The summed E-state index contributed by atoms with van der Waals surface area (Å²) in [6.45, 7) is 5.15. The number of aliphatic hydroxyl groups is 1. The number of hydrogen-bond acceptors (Lipinski definition) is 3. The number of aliphatic hydroxyl groups excluding tert-OH is 1. The summed E-state index contributed by atoms with van der Waals surface area (Å²) in [4.78, 5) is 0. The van der Waals surface area contributed by atoms with E-state index in [1.807, 2.05) is 0 Å². The molecule has 2 N–H and O–H groups in total. The Hall–Kier alpha value is -1.39. The van der Waals surface area contributed by atoms with E-state index in [4.69, 9.17) is 5.10 Å². The number of aromatic nitrogens is 2. The molecule has 3 rings (SSSR count). The lowest BCUT2D eigenvalue weighted by Crippen LogP contribution is -2.26. The van der Waals surface area contributed by atoms with Crippen LogP contribution in [0, 0.1) is 11.8 Å². The first-order chi connectivity index (χ1) is 10.3. The normalized spacial score (nSPS) is 22.2. The van der Waals surface area contributed by atoms with Crippen LogP contribution >= 0.6 is 0 Å². The second-order valence-electron chi connectivity index (χ2n) is 6.04. The number of fused-ring (bicyclic) bond motifs is 1. The number of rotatable bonds is 6. The molecule has 1 aliphatic rings. The summed E-state index contributed by atoms with van der Waals surface area (Å²) in [6.07, 6.45) is 3.67. The lowest BCUT2D eigenvalue weighted by atomic mass is 9.97. The van der Waals surface area contributed by atoms with E-state index >= 15 is 0 Å². The first-order valence-electron chi connectivity index (χ1n) is 8.09. The lowest BCUT2D eigenvalue weighted by molar-refractivity contribution is 0.192. The third kappa shape index (κ3) is 2.97. The summed E-state index contributed by atoms with van der Waals surface area (Å²) in [5, 5.41) is 18.9. The van der Waals surface area contributed by atoms with Gasteiger partial charge in [0.1, 0.15) is 0 Å². The minimum Gasteiger partial charge on any atom is -0.396 e. The van der Waals surface area contributed by atoms with Gasteiger partial charge in [-0.25, -0.2) is 0 Å². The van der Waals surface area contributed by atoms with Gasteiger partial charge >= 0.3 is 0 Å². The second-order valence-corrected chi connectivity index (χ2v) is 6.04. The molecule has 1 fully saturated rings. The fourth-order valence-corrected chi connectivity index (χ4v) is 3.57. The number of nitrogens with one attached hydrogen (secondary N) is 1. The molecular weight excluding hydrogens is 262 g/mol. The SMILES string of the molecule is CCn1nc(CNCC2CCCC2CO)c2ccccc21. The molecule has 4 heteroatoms. The predicted octanol–water partition coefficient (Wildman–Crippen LogP) is 2.55. The topological polar surface area (TPSA) is 50.1 Å². The third-order valence-electron chi connectivity index (χ3n) is 4.78. The molecule has 2 atom stereocenters. The van der Waals surface area contributed by atoms with Crippen molar-refractivity contribution in [3.8, 4) is 0 Å². The van der Waals surface area contributed by atoms with Crippen LogP contribution in [0.25, 0.3) is 10.9 Å². The van der Waals surface area contributed by atoms with Gasteiger partial charge in [-0.1, -0.05) is 24.6 Å². The molecule has 4 nitrogen and oxygen atoms in total. The standard InChI is InChI=1S/C17H25N3O/c1-2-20-17-9-4-3-8-15(17)16(19-20)11-18-10-13-6-5-7-14(13)12-21/h3-4,8-9,13-14,18,21H,2,5-7,10-12H2,1H3. The van der Waals surface area contributed by atoms with Gasteiger partial charge in [-0.05, 0) is 44.2 Å². The first-order valence-corrected chi connectivity index (χ1v) is 8.09. The molecule has 1 aliphatic carbocycles. The van der Waals surface area contributed by atoms with Crippen molar-refractivity contribution in [1.29, 1.82) is 0 Å². The van der Waals surface area contributed by atoms with Gasteiger partial charge in [-0.2, -0.15) is 5.10 Å². The van der Waals surface area contributed by atoms with Gasteiger partial charge in [-0.3, -0.25) is 4.68 Å². The average molecular weight is 287 g/mol. The van der Waals surface area contributed by atoms with E-state index < -0.39 is 0 Å². The van der Waals surface area contributed by atoms with Crippen LogP contribution in [0.5, 0.6) is 0 Å². The maximum absolute atomic E-state index is 9.39. The predicted molar refractivity (Wildman–Crippen MR) is 85.0 cm³/mol. The van der Waals surface area contributed by atoms with Gasteiger partial charge in [0.2, 0.25) is 0 Å². The highest BCUT2D eigenvalue weighted by atomic mass is 16.3. The zero-order chi connectivity index (χ0) is 14.7. The van der Waals surface area contributed by atoms with Crippen molar-refractivity contribution in [1.82, 2.24) is 15.1 Å². The third-order valence-corrected chi connectivity index (χ3v) is 4.78. The highest BCUT2D eigenvalue weighted by Gasteiger charge is 2.26. The van der Waals surface area contributed by atoms with Crippen molar-refractivity contribution >= 4 is 10.9 Å². The molecule has 0 aliphatic heterocycles. The van der Waals surface area contributed by atoms with Crippen LogP contribution in [0.3, 0.4) is 0 Å². The van der Waals surface area contributed by atoms with E-state index in [0.717, 1.165) is 25.3 Å². The number of para-hydroxylation sites is 1. The summed E-state index contributed by atoms with van der Waals surface area (Å²) in [5.41, 5.74) is 2.34. The molecule has 114 valence electrons. The molecular formula is C17H25N3O. The molecule has 1 aromatic carbocycles. The number of aryl methyl sites for hydroxylation is 1. The van der Waals surface area contributed by atoms with Gasteiger partial charge in [-0.15, -0.1) is 0 Å². The minimum absolute atomic E-state index is 0.333. The van der Waals surface area contributed by atoms with Gasteiger partial charge in [0.05, 0.1) is 11.2 Å². The molecule has 1 saturated carbocycles. The summed E-state index contributed by atoms with van der Waals surface area (Å²) in [6, 6.07) is 8.43. The van der Waals surface area contributed by atoms with E-state index in [1.165, 1.54) is 30.2 Å². The molecule has 1 heterocycles. The summed E-state index contributed by atoms with van der Waals surface area (Å²) >= 11 is 0. The molecule has 21 heavy (non-hydrogen) atoms. The van der Waals surface area contributed by atoms with Crippen molar-refractivity contribution < 1.29 is 5.11 Å². The van der Waals surface area contributed by atoms with Crippen molar-refractivity contribution in [2.45, 2.75) is 39.3 Å². The van der Waals surface area contributed by atoms with Crippen LogP contribution in [0.1, 0.15) is 31.9 Å². The highest BCUT2D eigenvalue weighted by Crippen LogP contribution is 2.30. The largest absolute Gasteiger partial charge is 0.396 e. The van der Waals surface area contributed by atoms with E-state index in [-0.39, 0.29) is 0 Å². The van der Waals surface area contributed by atoms with Crippen molar-refractivity contribution in [2.24, 2.45) is 11.8 Å². The maximum Gasteiger partial charge on any atom is 0.0841 e. The van der Waals surface area contributed by atoms with E-state index in [1.54, 1.807) is 0 Å². The molecule has 0 bridgehead atoms. The molecule has 0 amide bonds. The number of nitrogens with zero attached hydrogens (tertiary/aromatic N) is 2. The Kier molecular flexibility index (Phi) is 4.56. The summed E-state index contributed by atoms with van der Waals surface area (Å²) in [7, 11) is 0. The van der Waals surface area contributed by atoms with Crippen molar-refractivity contribution in [3.05, 3.63) is 30.0 Å². The molecule has 0 spiro atoms. The van der Waals surface area contributed by atoms with Gasteiger partial charge in [0.15, 0.2) is 0 Å². The fraction of sp³-hybridized carbons (Fsp3) is 0.588. The van der Waals surface area contributed by atoms with Crippen LogP contribution < -0.4 is 5.32 Å². The highest BCUT2D eigenvalue weighted by molar-refractivity contribution is 5.81. The monoisotopic (exact) mass is 287 g/mol. The van der Waals surface area contributed by atoms with Gasteiger partial charge < -0.3 is 10.4 Å². The molecule has 1 aromatic heterocycles. The Morgan fingerprint density at radius 2 is 2.10 bits per heavy atom. The zero-order valence-electron chi connectivity index (χ0n) is 12.8. The molecule has 2 unspecified atom stereocenters. The number of hydrogen-bond donors (Lipinski definition) is 2. The van der Waals surface area contributed by atoms with Crippen molar-refractivity contribution in [3.63, 3.8) is 0 Å². The smallest absolute Gasteiger partial charge is 0.0841 e. The maximum atomic E-state index is 9.39. The first kappa shape index (κ1) is 14.5. The van der Waals surface area contributed by atoms with Crippen LogP contribution in [0.15, 0.2) is 24.3 Å². The fourth-order valence-electron chi connectivity index (χ4n) is 3.57.